The summed E-state index contributed by atoms with van der Waals surface area (Å²) in [7, 11) is 0. The predicted molar refractivity (Wildman–Crippen MR) is 70.3 cm³/mol. The Hall–Kier alpha value is -1.23. The third-order valence-electron chi connectivity index (χ3n) is 2.83. The van der Waals surface area contributed by atoms with Crippen LogP contribution in [0.1, 0.15) is 18.9 Å². The molecular weight excluding hydrogens is 300 g/mol. The monoisotopic (exact) mass is 314 g/mol. The highest BCUT2D eigenvalue weighted by atomic mass is 79.9. The van der Waals surface area contributed by atoms with E-state index in [4.69, 9.17) is 14.6 Å². The largest absolute Gasteiger partial charge is 0.490 e. The van der Waals surface area contributed by atoms with Gasteiger partial charge in [-0.1, -0.05) is 6.92 Å². The molecular formula is C13H15BrO4. The Bertz CT molecular complexity index is 459. The van der Waals surface area contributed by atoms with Gasteiger partial charge in [-0.15, -0.1) is 0 Å². The molecule has 1 aromatic rings. The maximum atomic E-state index is 10.9. The first-order chi connectivity index (χ1) is 8.58. The number of benzene rings is 1. The molecule has 1 aromatic carbocycles. The molecule has 0 radical (unpaired) electrons. The predicted octanol–water partition coefficient (Wildman–Crippen LogP) is 2.87. The number of carboxylic acid groups (broad SMARTS) is 1. The molecule has 2 rings (SSSR count). The van der Waals surface area contributed by atoms with E-state index >= 15 is 0 Å². The van der Waals surface area contributed by atoms with Crippen molar-refractivity contribution in [2.75, 3.05) is 13.2 Å². The quantitative estimate of drug-likeness (QED) is 0.932. The zero-order valence-electron chi connectivity index (χ0n) is 10.1. The van der Waals surface area contributed by atoms with Crippen LogP contribution in [0, 0.1) is 5.92 Å². The van der Waals surface area contributed by atoms with E-state index in [9.17, 15) is 4.79 Å². The van der Waals surface area contributed by atoms with Gasteiger partial charge in [0, 0.05) is 6.42 Å². The Kier molecular flexibility index (Phi) is 4.11. The van der Waals surface area contributed by atoms with Crippen molar-refractivity contribution in [3.63, 3.8) is 0 Å². The number of carbonyl (C=O) groups is 1. The highest BCUT2D eigenvalue weighted by Crippen LogP contribution is 2.38. The molecule has 18 heavy (non-hydrogen) atoms. The maximum Gasteiger partial charge on any atom is 0.306 e. The summed E-state index contributed by atoms with van der Waals surface area (Å²) in [5, 5.41) is 8.93. The first-order valence-corrected chi connectivity index (χ1v) is 6.68. The van der Waals surface area contributed by atoms with E-state index < -0.39 is 11.9 Å². The summed E-state index contributed by atoms with van der Waals surface area (Å²) in [5.41, 5.74) is 0.932. The molecule has 0 amide bonds. The third kappa shape index (κ3) is 2.96. The molecule has 1 heterocycles. The molecule has 0 aromatic heterocycles. The standard InChI is InChI=1S/C13H15BrO4/c1-8(13(15)16)5-9-6-10(14)12-11(7-9)17-3-2-4-18-12/h6-8H,2-5H2,1H3,(H,15,16). The van der Waals surface area contributed by atoms with Crippen LogP contribution in [0.3, 0.4) is 0 Å². The van der Waals surface area contributed by atoms with Gasteiger partial charge in [0.15, 0.2) is 11.5 Å². The van der Waals surface area contributed by atoms with Gasteiger partial charge < -0.3 is 14.6 Å². The van der Waals surface area contributed by atoms with Crippen molar-refractivity contribution < 1.29 is 19.4 Å². The Labute approximate surface area is 114 Å². The van der Waals surface area contributed by atoms with Crippen LogP contribution in [0.5, 0.6) is 11.5 Å². The number of aliphatic carboxylic acids is 1. The lowest BCUT2D eigenvalue weighted by molar-refractivity contribution is -0.141. The molecule has 4 nitrogen and oxygen atoms in total. The van der Waals surface area contributed by atoms with Crippen LogP contribution in [0.2, 0.25) is 0 Å². The van der Waals surface area contributed by atoms with Gasteiger partial charge in [-0.3, -0.25) is 4.79 Å². The first-order valence-electron chi connectivity index (χ1n) is 5.88. The zero-order valence-corrected chi connectivity index (χ0v) is 11.7. The van der Waals surface area contributed by atoms with E-state index in [-0.39, 0.29) is 0 Å². The van der Waals surface area contributed by atoms with Crippen molar-refractivity contribution in [1.82, 2.24) is 0 Å². The fraction of sp³-hybridized carbons (Fsp3) is 0.462. The SMILES string of the molecule is CC(Cc1cc(Br)c2c(c1)OCCCO2)C(=O)O. The third-order valence-corrected chi connectivity index (χ3v) is 3.41. The minimum atomic E-state index is -0.793. The molecule has 1 unspecified atom stereocenters. The van der Waals surface area contributed by atoms with Crippen LogP contribution in [-0.4, -0.2) is 24.3 Å². The summed E-state index contributed by atoms with van der Waals surface area (Å²) >= 11 is 3.44. The molecule has 0 spiro atoms. The van der Waals surface area contributed by atoms with Crippen LogP contribution in [-0.2, 0) is 11.2 Å². The smallest absolute Gasteiger partial charge is 0.306 e. The topological polar surface area (TPSA) is 55.8 Å². The molecule has 1 aliphatic rings. The number of hydrogen-bond acceptors (Lipinski definition) is 3. The van der Waals surface area contributed by atoms with E-state index in [1.54, 1.807) is 6.92 Å². The fourth-order valence-electron chi connectivity index (χ4n) is 1.84. The zero-order chi connectivity index (χ0) is 13.1. The molecule has 0 fully saturated rings. The van der Waals surface area contributed by atoms with Crippen LogP contribution in [0.25, 0.3) is 0 Å². The van der Waals surface area contributed by atoms with Crippen LogP contribution in [0.15, 0.2) is 16.6 Å². The average Bonchev–Trinajstić information content (AvgIpc) is 2.54. The summed E-state index contributed by atoms with van der Waals surface area (Å²) in [6, 6.07) is 3.76. The number of rotatable bonds is 3. The number of ether oxygens (including phenoxy) is 2. The van der Waals surface area contributed by atoms with Crippen molar-refractivity contribution in [3.8, 4) is 11.5 Å². The Morgan fingerprint density at radius 2 is 2.17 bits per heavy atom. The summed E-state index contributed by atoms with van der Waals surface area (Å²) in [6.07, 6.45) is 1.33. The second-order valence-corrected chi connectivity index (χ2v) is 5.25. The van der Waals surface area contributed by atoms with Gasteiger partial charge in [0.1, 0.15) is 0 Å². The van der Waals surface area contributed by atoms with E-state index in [1.807, 2.05) is 12.1 Å². The molecule has 98 valence electrons. The maximum absolute atomic E-state index is 10.9. The highest BCUT2D eigenvalue weighted by molar-refractivity contribution is 9.10. The average molecular weight is 315 g/mol. The minimum absolute atomic E-state index is 0.415. The molecule has 0 bridgehead atoms. The van der Waals surface area contributed by atoms with Gasteiger partial charge in [0.25, 0.3) is 0 Å². The van der Waals surface area contributed by atoms with Gasteiger partial charge in [-0.2, -0.15) is 0 Å². The molecule has 1 N–H and O–H groups in total. The normalized spacial score (nSPS) is 15.9. The number of hydrogen-bond donors (Lipinski definition) is 1. The summed E-state index contributed by atoms with van der Waals surface area (Å²) in [6.45, 7) is 2.95. The molecule has 0 saturated heterocycles. The number of fused-ring (bicyclic) bond motifs is 1. The van der Waals surface area contributed by atoms with Crippen LogP contribution >= 0.6 is 15.9 Å². The Morgan fingerprint density at radius 3 is 2.89 bits per heavy atom. The Balaban J connectivity index is 2.26. The first kappa shape index (κ1) is 13.2. The molecule has 0 saturated carbocycles. The number of carboxylic acids is 1. The van der Waals surface area contributed by atoms with Crippen molar-refractivity contribution in [3.05, 3.63) is 22.2 Å². The lowest BCUT2D eigenvalue weighted by Crippen LogP contribution is -2.12. The number of halogens is 1. The summed E-state index contributed by atoms with van der Waals surface area (Å²) < 4.78 is 12.0. The Morgan fingerprint density at radius 1 is 1.44 bits per heavy atom. The highest BCUT2D eigenvalue weighted by Gasteiger charge is 2.18. The second-order valence-electron chi connectivity index (χ2n) is 4.40. The van der Waals surface area contributed by atoms with Gasteiger partial charge in [0.05, 0.1) is 23.6 Å². The summed E-state index contributed by atoms with van der Waals surface area (Å²) in [4.78, 5) is 10.9. The van der Waals surface area contributed by atoms with Gasteiger partial charge in [-0.05, 0) is 40.0 Å². The molecule has 0 aliphatic carbocycles. The minimum Gasteiger partial charge on any atom is -0.490 e. The van der Waals surface area contributed by atoms with E-state index in [0.717, 1.165) is 16.5 Å². The van der Waals surface area contributed by atoms with Crippen LogP contribution < -0.4 is 9.47 Å². The molecule has 5 heteroatoms. The van der Waals surface area contributed by atoms with E-state index in [2.05, 4.69) is 15.9 Å². The van der Waals surface area contributed by atoms with Gasteiger partial charge >= 0.3 is 5.97 Å². The van der Waals surface area contributed by atoms with Gasteiger partial charge in [-0.25, -0.2) is 0 Å². The summed E-state index contributed by atoms with van der Waals surface area (Å²) in [5.74, 6) is 0.188. The lowest BCUT2D eigenvalue weighted by atomic mass is 10.0. The van der Waals surface area contributed by atoms with E-state index in [1.165, 1.54) is 0 Å². The molecule has 1 aliphatic heterocycles. The van der Waals surface area contributed by atoms with Crippen molar-refractivity contribution in [2.45, 2.75) is 19.8 Å². The van der Waals surface area contributed by atoms with E-state index in [0.29, 0.717) is 31.1 Å². The molecule has 1 atom stereocenters. The van der Waals surface area contributed by atoms with Crippen molar-refractivity contribution in [1.29, 1.82) is 0 Å². The lowest BCUT2D eigenvalue weighted by Gasteiger charge is -2.13. The van der Waals surface area contributed by atoms with Crippen molar-refractivity contribution >= 4 is 21.9 Å². The fourth-order valence-corrected chi connectivity index (χ4v) is 2.45. The van der Waals surface area contributed by atoms with Crippen molar-refractivity contribution in [2.24, 2.45) is 5.92 Å². The van der Waals surface area contributed by atoms with Gasteiger partial charge in [0.2, 0.25) is 0 Å². The second kappa shape index (κ2) is 5.61. The van der Waals surface area contributed by atoms with Crippen LogP contribution in [0.4, 0.5) is 0 Å².